The molecule has 0 radical (unpaired) electrons. The van der Waals surface area contributed by atoms with E-state index in [2.05, 4.69) is 5.16 Å². The van der Waals surface area contributed by atoms with E-state index in [0.717, 1.165) is 17.3 Å². The molecule has 0 fully saturated rings. The molecule has 0 aliphatic heterocycles. The smallest absolute Gasteiger partial charge is 0.313 e. The number of carboxylic acid groups (broad SMARTS) is 1. The maximum Gasteiger partial charge on any atom is 0.313 e. The fourth-order valence-corrected chi connectivity index (χ4v) is 3.94. The first-order valence-corrected chi connectivity index (χ1v) is 10.4. The van der Waals surface area contributed by atoms with E-state index in [1.54, 1.807) is 18.2 Å². The van der Waals surface area contributed by atoms with Crippen molar-refractivity contribution in [2.45, 2.75) is 10.1 Å². The van der Waals surface area contributed by atoms with Crippen molar-refractivity contribution in [3.05, 3.63) is 72.0 Å². The number of aliphatic carboxylic acids is 1. The van der Waals surface area contributed by atoms with Crippen molar-refractivity contribution in [3.63, 3.8) is 0 Å². The molecular weight excluding hydrogens is 388 g/mol. The van der Waals surface area contributed by atoms with Crippen LogP contribution in [0.15, 0.2) is 70.1 Å². The molecule has 0 saturated heterocycles. The number of hydrogen-bond donors (Lipinski definition) is 2. The summed E-state index contributed by atoms with van der Waals surface area (Å²) < 4.78 is 28.3. The van der Waals surface area contributed by atoms with Gasteiger partial charge in [-0.15, -0.1) is 11.8 Å². The molecule has 1 atom stereocenters. The molecule has 0 spiro atoms. The van der Waals surface area contributed by atoms with Gasteiger partial charge in [-0.25, -0.2) is 13.6 Å². The molecule has 3 N–H and O–H groups in total. The summed E-state index contributed by atoms with van der Waals surface area (Å²) >= 11 is 1.14. The quantitative estimate of drug-likeness (QED) is 0.620. The molecule has 0 aliphatic rings. The number of carbonyl (C=O) groups is 1. The lowest BCUT2D eigenvalue weighted by atomic mass is 10.1. The Kier molecular flexibility index (Phi) is 5.64. The van der Waals surface area contributed by atoms with Crippen LogP contribution in [0.4, 0.5) is 0 Å². The molecule has 1 aromatic heterocycles. The van der Waals surface area contributed by atoms with Gasteiger partial charge >= 0.3 is 5.97 Å². The number of benzene rings is 2. The van der Waals surface area contributed by atoms with Crippen LogP contribution >= 0.6 is 11.8 Å². The van der Waals surface area contributed by atoms with Gasteiger partial charge in [-0.2, -0.15) is 0 Å². The Balaban J connectivity index is 1.94. The first-order chi connectivity index (χ1) is 12.8. The zero-order valence-corrected chi connectivity index (χ0v) is 15.6. The molecule has 1 heterocycles. The summed E-state index contributed by atoms with van der Waals surface area (Å²) in [6, 6.07) is 17.1. The summed E-state index contributed by atoms with van der Waals surface area (Å²) in [6.07, 6.45) is 0. The van der Waals surface area contributed by atoms with Crippen molar-refractivity contribution >= 4 is 27.8 Å². The Hall–Kier alpha value is -2.62. The molecule has 7 nitrogen and oxygen atoms in total. The minimum absolute atomic E-state index is 0.0178. The number of nitrogens with two attached hydrogens (primary N) is 1. The maximum absolute atomic E-state index is 11.4. The van der Waals surface area contributed by atoms with Crippen LogP contribution in [0.25, 0.3) is 11.3 Å². The van der Waals surface area contributed by atoms with E-state index < -0.39 is 21.2 Å². The number of thioether (sulfide) groups is 1. The molecular formula is C18H16N2O5S2. The second kappa shape index (κ2) is 7.95. The average Bonchev–Trinajstić information content (AvgIpc) is 3.12. The van der Waals surface area contributed by atoms with Gasteiger partial charge in [0.1, 0.15) is 5.69 Å². The molecule has 0 aliphatic carbocycles. The van der Waals surface area contributed by atoms with Gasteiger partial charge in [-0.1, -0.05) is 47.6 Å². The highest BCUT2D eigenvalue weighted by Crippen LogP contribution is 2.37. The molecule has 3 aromatic rings. The summed E-state index contributed by atoms with van der Waals surface area (Å²) in [6.45, 7) is 0. The van der Waals surface area contributed by atoms with Gasteiger partial charge < -0.3 is 9.63 Å². The van der Waals surface area contributed by atoms with Gasteiger partial charge in [-0.05, 0) is 17.7 Å². The number of rotatable bonds is 7. The van der Waals surface area contributed by atoms with Crippen LogP contribution in [-0.2, 0) is 14.8 Å². The minimum atomic E-state index is -3.80. The number of carboxylic acids is 1. The Morgan fingerprint density at radius 1 is 1.15 bits per heavy atom. The SMILES string of the molecule is NS(=O)(=O)c1ccc(C(SCC(=O)O)c2cc(-c3ccccc3)no2)cc1. The molecule has 0 amide bonds. The van der Waals surface area contributed by atoms with Crippen molar-refractivity contribution in [2.24, 2.45) is 5.14 Å². The topological polar surface area (TPSA) is 123 Å². The number of primary sulfonamides is 1. The average molecular weight is 404 g/mol. The zero-order valence-electron chi connectivity index (χ0n) is 14.0. The normalized spacial score (nSPS) is 12.6. The van der Waals surface area contributed by atoms with E-state index in [1.165, 1.54) is 12.1 Å². The molecule has 27 heavy (non-hydrogen) atoms. The second-order valence-corrected chi connectivity index (χ2v) is 8.33. The van der Waals surface area contributed by atoms with Gasteiger partial charge in [-0.3, -0.25) is 4.79 Å². The molecule has 1 unspecified atom stereocenters. The third-order valence-electron chi connectivity index (χ3n) is 3.74. The second-order valence-electron chi connectivity index (χ2n) is 5.68. The highest BCUT2D eigenvalue weighted by Gasteiger charge is 2.22. The lowest BCUT2D eigenvalue weighted by molar-refractivity contribution is -0.133. The van der Waals surface area contributed by atoms with Crippen molar-refractivity contribution < 1.29 is 22.8 Å². The monoisotopic (exact) mass is 404 g/mol. The lowest BCUT2D eigenvalue weighted by Crippen LogP contribution is -2.12. The van der Waals surface area contributed by atoms with Crippen LogP contribution in [0.1, 0.15) is 16.6 Å². The number of hydrogen-bond acceptors (Lipinski definition) is 6. The Morgan fingerprint density at radius 2 is 1.81 bits per heavy atom. The number of aromatic nitrogens is 1. The lowest BCUT2D eigenvalue weighted by Gasteiger charge is -2.13. The molecule has 140 valence electrons. The van der Waals surface area contributed by atoms with Gasteiger partial charge in [0, 0.05) is 11.6 Å². The molecule has 3 rings (SSSR count). The van der Waals surface area contributed by atoms with E-state index in [0.29, 0.717) is 17.0 Å². The van der Waals surface area contributed by atoms with Crippen LogP contribution in [0.5, 0.6) is 0 Å². The summed E-state index contributed by atoms with van der Waals surface area (Å²) in [5, 5.41) is 17.8. The van der Waals surface area contributed by atoms with Gasteiger partial charge in [0.15, 0.2) is 5.76 Å². The first kappa shape index (κ1) is 19.2. The highest BCUT2D eigenvalue weighted by atomic mass is 32.2. The van der Waals surface area contributed by atoms with E-state index in [4.69, 9.17) is 14.8 Å². The zero-order chi connectivity index (χ0) is 19.4. The van der Waals surface area contributed by atoms with Crippen LogP contribution < -0.4 is 5.14 Å². The predicted octanol–water partition coefficient (Wildman–Crippen LogP) is 2.90. The van der Waals surface area contributed by atoms with Crippen LogP contribution in [0, 0.1) is 0 Å². The van der Waals surface area contributed by atoms with Crippen LogP contribution in [0.3, 0.4) is 0 Å². The van der Waals surface area contributed by atoms with Crippen LogP contribution in [0.2, 0.25) is 0 Å². The predicted molar refractivity (Wildman–Crippen MR) is 102 cm³/mol. The summed E-state index contributed by atoms with van der Waals surface area (Å²) in [7, 11) is -3.80. The summed E-state index contributed by atoms with van der Waals surface area (Å²) in [5.74, 6) is -0.638. The molecule has 0 bridgehead atoms. The molecule has 2 aromatic carbocycles. The van der Waals surface area contributed by atoms with Gasteiger partial charge in [0.05, 0.1) is 15.9 Å². The summed E-state index contributed by atoms with van der Waals surface area (Å²) in [4.78, 5) is 11.0. The number of nitrogens with zero attached hydrogens (tertiary/aromatic N) is 1. The van der Waals surface area contributed by atoms with Gasteiger partial charge in [0.2, 0.25) is 10.0 Å². The van der Waals surface area contributed by atoms with Crippen molar-refractivity contribution in [1.82, 2.24) is 5.16 Å². The van der Waals surface area contributed by atoms with E-state index in [1.807, 2.05) is 30.3 Å². The van der Waals surface area contributed by atoms with Gasteiger partial charge in [0.25, 0.3) is 0 Å². The molecule has 0 saturated carbocycles. The van der Waals surface area contributed by atoms with Crippen molar-refractivity contribution in [3.8, 4) is 11.3 Å². The van der Waals surface area contributed by atoms with Crippen LogP contribution in [-0.4, -0.2) is 30.4 Å². The molecule has 9 heteroatoms. The fourth-order valence-electron chi connectivity index (χ4n) is 2.49. The third-order valence-corrected chi connectivity index (χ3v) is 5.92. The minimum Gasteiger partial charge on any atom is -0.481 e. The van der Waals surface area contributed by atoms with E-state index >= 15 is 0 Å². The maximum atomic E-state index is 11.4. The largest absolute Gasteiger partial charge is 0.481 e. The Labute approximate surface area is 160 Å². The van der Waals surface area contributed by atoms with Crippen molar-refractivity contribution in [1.29, 1.82) is 0 Å². The first-order valence-electron chi connectivity index (χ1n) is 7.83. The third kappa shape index (κ3) is 4.76. The van der Waals surface area contributed by atoms with E-state index in [-0.39, 0.29) is 10.6 Å². The number of sulfonamides is 1. The standard InChI is InChI=1S/C18H16N2O5S2/c19-27(23,24)14-8-6-13(7-9-14)18(26-11-17(21)22)16-10-15(20-25-16)12-4-2-1-3-5-12/h1-10,18H,11H2,(H,21,22)(H2,19,23,24). The van der Waals surface area contributed by atoms with E-state index in [9.17, 15) is 13.2 Å². The fraction of sp³-hybridized carbons (Fsp3) is 0.111. The summed E-state index contributed by atoms with van der Waals surface area (Å²) in [5.41, 5.74) is 2.19. The Bertz CT molecular complexity index is 1030. The van der Waals surface area contributed by atoms with Crippen molar-refractivity contribution in [2.75, 3.05) is 5.75 Å². The Morgan fingerprint density at radius 3 is 2.41 bits per heavy atom. The highest BCUT2D eigenvalue weighted by molar-refractivity contribution is 8.00.